The van der Waals surface area contributed by atoms with Crippen LogP contribution >= 0.6 is 0 Å². The van der Waals surface area contributed by atoms with Crippen molar-refractivity contribution in [3.8, 4) is 91.6 Å². The molecule has 0 aromatic heterocycles. The first-order valence-electron chi connectivity index (χ1n) is 22.2. The van der Waals surface area contributed by atoms with Crippen LogP contribution in [0.1, 0.15) is 119 Å². The van der Waals surface area contributed by atoms with Crippen molar-refractivity contribution in [1.29, 1.82) is 0 Å². The van der Waals surface area contributed by atoms with Gasteiger partial charge in [0.25, 0.3) is 0 Å². The Hall–Kier alpha value is -7.48. The summed E-state index contributed by atoms with van der Waals surface area (Å²) in [6.07, 6.45) is -2.53. The van der Waals surface area contributed by atoms with Crippen LogP contribution in [-0.4, -0.2) is 56.2 Å². The summed E-state index contributed by atoms with van der Waals surface area (Å²) in [5.41, 5.74) is 4.41. The first-order valence-corrected chi connectivity index (χ1v) is 22.2. The zero-order valence-corrected chi connectivity index (χ0v) is 38.2. The van der Waals surface area contributed by atoms with Crippen LogP contribution in [0, 0.1) is 45.4 Å². The minimum absolute atomic E-state index is 0.0578. The number of ether oxygens (including phenoxy) is 3. The van der Waals surface area contributed by atoms with Crippen molar-refractivity contribution in [3.63, 3.8) is 0 Å². The van der Waals surface area contributed by atoms with Gasteiger partial charge in [-0.25, -0.2) is 0 Å². The van der Waals surface area contributed by atoms with Gasteiger partial charge in [-0.2, -0.15) is 0 Å². The highest BCUT2D eigenvalue weighted by Crippen LogP contribution is 2.61. The Labute approximate surface area is 386 Å². The maximum absolute atomic E-state index is 12.1. The number of rotatable bonds is 5. The Kier molecular flexibility index (Phi) is 10.6. The lowest BCUT2D eigenvalue weighted by Gasteiger charge is -2.42. The molecule has 350 valence electrons. The minimum Gasteiger partial charge on any atom is -0.508 e. The van der Waals surface area contributed by atoms with E-state index in [1.54, 1.807) is 45.9 Å². The molecule has 6 aromatic rings. The standard InChI is InChI=1S/C53H54O14/c1-19-9-27(10-20(2)46(19)61)51-26(8)42(44-35(58)14-29(55)16-39(44)65-51)45-36(59)18-33(56)30-12-22(4)50(67-53(30)45)32-17-37(60)48(63)25(7)40(32)43-31(11-21(3)47(62)49(43)64)52-24(6)23(5)41-34(57)13-28(54)15-38(41)66-52/h9-11,13-18,22-24,26,42,50-52,54-64H,12H2,1-8H3. The summed E-state index contributed by atoms with van der Waals surface area (Å²) in [6, 6.07) is 12.9. The van der Waals surface area contributed by atoms with Crippen molar-refractivity contribution in [2.75, 3.05) is 0 Å². The van der Waals surface area contributed by atoms with Crippen LogP contribution in [0.15, 0.2) is 54.6 Å². The van der Waals surface area contributed by atoms with Crippen molar-refractivity contribution < 1.29 is 70.4 Å². The normalized spacial score (nSPS) is 23.0. The second-order valence-electron chi connectivity index (χ2n) is 18.9. The van der Waals surface area contributed by atoms with Crippen molar-refractivity contribution in [2.24, 2.45) is 17.8 Å². The summed E-state index contributed by atoms with van der Waals surface area (Å²) in [4.78, 5) is 0. The molecule has 0 aliphatic carbocycles. The lowest BCUT2D eigenvalue weighted by atomic mass is 9.72. The van der Waals surface area contributed by atoms with Gasteiger partial charge in [-0.1, -0.05) is 27.7 Å². The molecule has 0 saturated heterocycles. The van der Waals surface area contributed by atoms with Crippen LogP contribution in [0.4, 0.5) is 0 Å². The molecule has 9 rings (SSSR count). The molecule has 3 aliphatic rings. The van der Waals surface area contributed by atoms with E-state index < -0.39 is 59.1 Å². The zero-order chi connectivity index (χ0) is 48.4. The number of benzene rings is 6. The molecule has 14 heteroatoms. The van der Waals surface area contributed by atoms with Gasteiger partial charge < -0.3 is 70.4 Å². The molecule has 11 N–H and O–H groups in total. The highest BCUT2D eigenvalue weighted by Gasteiger charge is 2.46. The molecule has 6 aromatic carbocycles. The van der Waals surface area contributed by atoms with E-state index in [1.807, 2.05) is 27.7 Å². The van der Waals surface area contributed by atoms with Crippen LogP contribution in [0.5, 0.6) is 80.5 Å². The van der Waals surface area contributed by atoms with Gasteiger partial charge in [0.2, 0.25) is 0 Å². The maximum atomic E-state index is 12.1. The summed E-state index contributed by atoms with van der Waals surface area (Å²) >= 11 is 0. The van der Waals surface area contributed by atoms with E-state index in [9.17, 15) is 56.2 Å². The third-order valence-electron chi connectivity index (χ3n) is 14.5. The topological polar surface area (TPSA) is 250 Å². The quantitative estimate of drug-likeness (QED) is 0.0720. The van der Waals surface area contributed by atoms with Gasteiger partial charge in [0.15, 0.2) is 23.0 Å². The average Bonchev–Trinajstić information content (AvgIpc) is 3.25. The van der Waals surface area contributed by atoms with Gasteiger partial charge in [-0.15, -0.1) is 0 Å². The van der Waals surface area contributed by atoms with Crippen LogP contribution in [0.25, 0.3) is 11.1 Å². The molecule has 0 saturated carbocycles. The fourth-order valence-corrected chi connectivity index (χ4v) is 10.9. The second kappa shape index (κ2) is 15.9. The third-order valence-corrected chi connectivity index (χ3v) is 14.5. The molecule has 0 radical (unpaired) electrons. The lowest BCUT2D eigenvalue weighted by molar-refractivity contribution is 0.0986. The van der Waals surface area contributed by atoms with E-state index >= 15 is 0 Å². The summed E-state index contributed by atoms with van der Waals surface area (Å²) in [7, 11) is 0. The molecular formula is C53H54O14. The molecule has 14 nitrogen and oxygen atoms in total. The number of phenols is 11. The Bertz CT molecular complexity index is 3020. The van der Waals surface area contributed by atoms with Gasteiger partial charge in [0.1, 0.15) is 75.8 Å². The molecule has 0 bridgehead atoms. The predicted octanol–water partition coefficient (Wildman–Crippen LogP) is 10.4. The first-order chi connectivity index (χ1) is 31.6. The molecule has 8 atom stereocenters. The number of hydrogen-bond acceptors (Lipinski definition) is 14. The van der Waals surface area contributed by atoms with E-state index in [2.05, 4.69) is 0 Å². The van der Waals surface area contributed by atoms with Crippen molar-refractivity contribution in [3.05, 3.63) is 116 Å². The van der Waals surface area contributed by atoms with E-state index in [-0.39, 0.29) is 109 Å². The van der Waals surface area contributed by atoms with E-state index in [4.69, 9.17) is 14.2 Å². The predicted molar refractivity (Wildman–Crippen MR) is 246 cm³/mol. The number of aromatic hydroxyl groups is 11. The molecule has 8 unspecified atom stereocenters. The van der Waals surface area contributed by atoms with Crippen LogP contribution in [0.2, 0.25) is 0 Å². The smallest absolute Gasteiger partial charge is 0.166 e. The van der Waals surface area contributed by atoms with Gasteiger partial charge >= 0.3 is 0 Å². The van der Waals surface area contributed by atoms with Gasteiger partial charge in [-0.05, 0) is 92.1 Å². The molecule has 0 amide bonds. The van der Waals surface area contributed by atoms with Gasteiger partial charge in [0.05, 0.1) is 0 Å². The van der Waals surface area contributed by atoms with Gasteiger partial charge in [0, 0.05) is 98.5 Å². The van der Waals surface area contributed by atoms with E-state index in [1.165, 1.54) is 36.4 Å². The third kappa shape index (κ3) is 6.91. The molecule has 0 spiro atoms. The Morgan fingerprint density at radius 1 is 0.448 bits per heavy atom. The number of phenolic OH excluding ortho intramolecular Hbond substituents is 11. The summed E-state index contributed by atoms with van der Waals surface area (Å²) in [5, 5.41) is 124. The molecule has 67 heavy (non-hydrogen) atoms. The highest BCUT2D eigenvalue weighted by molar-refractivity contribution is 5.85. The van der Waals surface area contributed by atoms with Crippen molar-refractivity contribution in [1.82, 2.24) is 0 Å². The first kappa shape index (κ1) is 44.7. The Morgan fingerprint density at radius 3 is 1.64 bits per heavy atom. The molecule has 0 fully saturated rings. The summed E-state index contributed by atoms with van der Waals surface area (Å²) in [5.74, 6) is -5.83. The fraction of sp³-hybridized carbons (Fsp3) is 0.321. The van der Waals surface area contributed by atoms with Crippen LogP contribution in [-0.2, 0) is 6.42 Å². The van der Waals surface area contributed by atoms with Crippen LogP contribution < -0.4 is 14.2 Å². The number of fused-ring (bicyclic) bond motifs is 3. The van der Waals surface area contributed by atoms with E-state index in [0.29, 0.717) is 38.9 Å². The SMILES string of the molecule is Cc1cc(C2Oc3cc(O)cc(O)c3C(c3c(O)cc(O)c4c3OC(c3cc(O)c(O)c(C)c3-c3c(C5Oc6cc(O)cc(O)c6C(C)C5C)cc(C)c(O)c3O)C(C)C4)C2C)cc(C)c1O. The summed E-state index contributed by atoms with van der Waals surface area (Å²) < 4.78 is 20.2. The van der Waals surface area contributed by atoms with Crippen molar-refractivity contribution >= 4 is 0 Å². The molecular weight excluding hydrogens is 861 g/mol. The largest absolute Gasteiger partial charge is 0.508 e. The van der Waals surface area contributed by atoms with E-state index in [0.717, 1.165) is 0 Å². The lowest BCUT2D eigenvalue weighted by Crippen LogP contribution is -2.31. The van der Waals surface area contributed by atoms with Crippen molar-refractivity contribution in [2.45, 2.75) is 92.0 Å². The monoisotopic (exact) mass is 914 g/mol. The Morgan fingerprint density at radius 2 is 1.00 bits per heavy atom. The number of aryl methyl sites for hydroxylation is 3. The zero-order valence-electron chi connectivity index (χ0n) is 38.2. The number of hydrogen-bond donors (Lipinski definition) is 11. The maximum Gasteiger partial charge on any atom is 0.166 e. The summed E-state index contributed by atoms with van der Waals surface area (Å²) in [6.45, 7) is 14.2. The second-order valence-corrected chi connectivity index (χ2v) is 18.9. The van der Waals surface area contributed by atoms with Gasteiger partial charge in [-0.3, -0.25) is 0 Å². The highest BCUT2D eigenvalue weighted by atomic mass is 16.5. The average molecular weight is 915 g/mol. The molecule has 3 aliphatic heterocycles. The Balaban J connectivity index is 1.25. The molecule has 3 heterocycles. The minimum atomic E-state index is -1.05. The van der Waals surface area contributed by atoms with Crippen LogP contribution in [0.3, 0.4) is 0 Å². The fourth-order valence-electron chi connectivity index (χ4n) is 10.9.